The number of hydrogen-bond donors (Lipinski definition) is 2. The lowest BCUT2D eigenvalue weighted by Crippen LogP contribution is -2.41. The van der Waals surface area contributed by atoms with Gasteiger partial charge in [-0.3, -0.25) is 15.0 Å². The van der Waals surface area contributed by atoms with E-state index in [2.05, 4.69) is 15.6 Å². The van der Waals surface area contributed by atoms with Crippen LogP contribution in [0.4, 0.5) is 20.4 Å². The summed E-state index contributed by atoms with van der Waals surface area (Å²) in [4.78, 5) is 44.2. The highest BCUT2D eigenvalue weighted by molar-refractivity contribution is 8.01. The van der Waals surface area contributed by atoms with E-state index in [1.54, 1.807) is 29.1 Å². The molecule has 2 aliphatic heterocycles. The fourth-order valence-corrected chi connectivity index (χ4v) is 5.99. The van der Waals surface area contributed by atoms with E-state index in [4.69, 9.17) is 16.3 Å². The molecule has 1 aromatic carbocycles. The van der Waals surface area contributed by atoms with E-state index in [0.717, 1.165) is 15.5 Å². The van der Waals surface area contributed by atoms with Gasteiger partial charge >= 0.3 is 12.1 Å². The Bertz CT molecular complexity index is 1060. The van der Waals surface area contributed by atoms with Crippen LogP contribution in [-0.2, 0) is 14.9 Å². The number of nitrogens with zero attached hydrogens (tertiary/aromatic N) is 3. The van der Waals surface area contributed by atoms with Crippen LogP contribution in [0.1, 0.15) is 12.0 Å². The number of halogens is 1. The van der Waals surface area contributed by atoms with Crippen molar-refractivity contribution in [1.82, 2.24) is 15.2 Å². The Morgan fingerprint density at radius 1 is 1.34 bits per heavy atom. The van der Waals surface area contributed by atoms with E-state index in [0.29, 0.717) is 36.2 Å². The second kappa shape index (κ2) is 9.16. The lowest BCUT2D eigenvalue weighted by Gasteiger charge is -2.25. The second-order valence-corrected chi connectivity index (χ2v) is 10.3. The maximum Gasteiger partial charge on any atom is 0.409 e. The third-order valence-electron chi connectivity index (χ3n) is 5.64. The molecule has 9 nitrogen and oxygen atoms in total. The van der Waals surface area contributed by atoms with Crippen molar-refractivity contribution in [3.05, 3.63) is 35.0 Å². The van der Waals surface area contributed by atoms with Crippen molar-refractivity contribution in [2.75, 3.05) is 49.8 Å². The number of urea groups is 1. The van der Waals surface area contributed by atoms with Gasteiger partial charge in [0, 0.05) is 42.8 Å². The lowest BCUT2D eigenvalue weighted by molar-refractivity contribution is -0.118. The van der Waals surface area contributed by atoms with E-state index in [-0.39, 0.29) is 23.8 Å². The number of amides is 4. The number of carbonyl (C=O) groups excluding carboxylic acids is 3. The molecule has 1 aromatic heterocycles. The predicted octanol–water partition coefficient (Wildman–Crippen LogP) is 3.40. The maximum absolute atomic E-state index is 13.2. The van der Waals surface area contributed by atoms with Crippen molar-refractivity contribution in [3.63, 3.8) is 0 Å². The van der Waals surface area contributed by atoms with Gasteiger partial charge in [0.05, 0.1) is 23.3 Å². The highest BCUT2D eigenvalue weighted by Gasteiger charge is 2.50. The summed E-state index contributed by atoms with van der Waals surface area (Å²) in [7, 11) is 2.95. The molecule has 0 aliphatic carbocycles. The quantitative estimate of drug-likeness (QED) is 0.630. The number of methoxy groups -OCH3 is 1. The molecule has 1 fully saturated rings. The summed E-state index contributed by atoms with van der Waals surface area (Å²) >= 11 is 8.94. The molecule has 12 heteroatoms. The maximum atomic E-state index is 13.2. The van der Waals surface area contributed by atoms with E-state index in [1.807, 2.05) is 12.1 Å². The number of aromatic nitrogens is 1. The number of thiazole rings is 1. The van der Waals surface area contributed by atoms with E-state index in [9.17, 15) is 14.4 Å². The molecule has 170 valence electrons. The van der Waals surface area contributed by atoms with Gasteiger partial charge in [0.15, 0.2) is 5.13 Å². The molecule has 2 aliphatic rings. The average molecular weight is 496 g/mol. The van der Waals surface area contributed by atoms with Gasteiger partial charge in [-0.25, -0.2) is 14.6 Å². The van der Waals surface area contributed by atoms with E-state index in [1.165, 1.54) is 30.2 Å². The molecule has 1 unspecified atom stereocenters. The Hall–Kier alpha value is -2.50. The van der Waals surface area contributed by atoms with Crippen LogP contribution in [0.5, 0.6) is 0 Å². The fraction of sp³-hybridized carbons (Fsp3) is 0.400. The largest absolute Gasteiger partial charge is 0.453 e. The number of benzene rings is 1. The van der Waals surface area contributed by atoms with Gasteiger partial charge < -0.3 is 15.0 Å². The smallest absolute Gasteiger partial charge is 0.409 e. The number of ether oxygens (including phenoxy) is 1. The third kappa shape index (κ3) is 4.37. The molecule has 4 amide bonds. The first-order valence-electron chi connectivity index (χ1n) is 9.86. The van der Waals surface area contributed by atoms with Crippen molar-refractivity contribution in [1.29, 1.82) is 0 Å². The predicted molar refractivity (Wildman–Crippen MR) is 125 cm³/mol. The molecule has 0 radical (unpaired) electrons. The minimum Gasteiger partial charge on any atom is -0.453 e. The average Bonchev–Trinajstić information content (AvgIpc) is 3.50. The van der Waals surface area contributed by atoms with Gasteiger partial charge in [-0.1, -0.05) is 22.9 Å². The summed E-state index contributed by atoms with van der Waals surface area (Å²) in [5.74, 6) is 0.204. The Morgan fingerprint density at radius 3 is 2.91 bits per heavy atom. The molecule has 1 saturated heterocycles. The molecule has 2 N–H and O–H groups in total. The van der Waals surface area contributed by atoms with Crippen molar-refractivity contribution in [2.24, 2.45) is 0 Å². The van der Waals surface area contributed by atoms with Crippen LogP contribution >= 0.6 is 34.7 Å². The molecule has 32 heavy (non-hydrogen) atoms. The first kappa shape index (κ1) is 22.7. The highest BCUT2D eigenvalue weighted by atomic mass is 35.5. The van der Waals surface area contributed by atoms with Crippen LogP contribution in [0.3, 0.4) is 0 Å². The first-order chi connectivity index (χ1) is 15.3. The van der Waals surface area contributed by atoms with Gasteiger partial charge in [0.2, 0.25) is 5.91 Å². The van der Waals surface area contributed by atoms with Crippen LogP contribution in [0.15, 0.2) is 28.6 Å². The molecule has 1 atom stereocenters. The van der Waals surface area contributed by atoms with Crippen LogP contribution in [0.25, 0.3) is 0 Å². The number of carbonyl (C=O) groups is 3. The zero-order valence-corrected chi connectivity index (χ0v) is 19.9. The molecular formula is C20H22ClN5O4S2. The standard InChI is InChI=1S/C20H22ClN5O4S2/c1-22-15(27)9-31-16-8-23-17(32-16)24-18(28)26-11-20(5-6-25(10-20)19(29)30-2)13-7-12(21)3-4-14(13)26/h3-4,7-8H,5-6,9-11H2,1-2H3,(H,22,27)(H,23,24,28). The minimum atomic E-state index is -0.400. The zero-order chi connectivity index (χ0) is 22.9. The second-order valence-electron chi connectivity index (χ2n) is 7.55. The summed E-state index contributed by atoms with van der Waals surface area (Å²) in [5, 5.41) is 6.46. The third-order valence-corrected chi connectivity index (χ3v) is 7.98. The summed E-state index contributed by atoms with van der Waals surface area (Å²) in [5.41, 5.74) is 1.32. The molecule has 4 rings (SSSR count). The van der Waals surface area contributed by atoms with Gasteiger partial charge in [0.25, 0.3) is 0 Å². The summed E-state index contributed by atoms with van der Waals surface area (Å²) in [6.45, 7) is 1.42. The number of nitrogens with one attached hydrogen (secondary N) is 2. The van der Waals surface area contributed by atoms with Gasteiger partial charge in [-0.05, 0) is 30.2 Å². The number of thioether (sulfide) groups is 1. The van der Waals surface area contributed by atoms with Crippen molar-refractivity contribution < 1.29 is 19.1 Å². The summed E-state index contributed by atoms with van der Waals surface area (Å²) < 4.78 is 5.71. The van der Waals surface area contributed by atoms with Gasteiger partial charge in [0.1, 0.15) is 0 Å². The van der Waals surface area contributed by atoms with Crippen LogP contribution in [0, 0.1) is 0 Å². The van der Waals surface area contributed by atoms with Crippen LogP contribution in [0.2, 0.25) is 5.02 Å². The van der Waals surface area contributed by atoms with Gasteiger partial charge in [-0.2, -0.15) is 0 Å². The topological polar surface area (TPSA) is 104 Å². The Morgan fingerprint density at radius 2 is 2.16 bits per heavy atom. The van der Waals surface area contributed by atoms with E-state index >= 15 is 0 Å². The molecule has 0 saturated carbocycles. The molecule has 2 aromatic rings. The number of rotatable bonds is 4. The van der Waals surface area contributed by atoms with Crippen LogP contribution < -0.4 is 15.5 Å². The van der Waals surface area contributed by atoms with Crippen molar-refractivity contribution in [2.45, 2.75) is 16.0 Å². The molecule has 1 spiro atoms. The number of likely N-dealkylation sites (tertiary alicyclic amines) is 1. The molecule has 0 bridgehead atoms. The SMILES string of the molecule is CNC(=O)CSc1cnc(NC(=O)N2CC3(CCN(C(=O)OC)C3)c3cc(Cl)ccc32)s1. The monoisotopic (exact) mass is 495 g/mol. The molecular weight excluding hydrogens is 474 g/mol. The normalized spacial score (nSPS) is 19.2. The Labute approximate surface area is 198 Å². The summed E-state index contributed by atoms with van der Waals surface area (Å²) in [6.07, 6.45) is 1.97. The van der Waals surface area contributed by atoms with Crippen molar-refractivity contribution in [3.8, 4) is 0 Å². The number of hydrogen-bond acceptors (Lipinski definition) is 7. The lowest BCUT2D eigenvalue weighted by atomic mass is 9.81. The van der Waals surface area contributed by atoms with E-state index < -0.39 is 5.41 Å². The number of anilines is 2. The highest BCUT2D eigenvalue weighted by Crippen LogP contribution is 2.47. The van der Waals surface area contributed by atoms with Crippen molar-refractivity contribution >= 4 is 63.6 Å². The van der Waals surface area contributed by atoms with Gasteiger partial charge in [-0.15, -0.1) is 11.8 Å². The molecule has 3 heterocycles. The fourth-order valence-electron chi connectivity index (χ4n) is 4.08. The zero-order valence-electron chi connectivity index (χ0n) is 17.5. The summed E-state index contributed by atoms with van der Waals surface area (Å²) in [6, 6.07) is 5.16. The Balaban J connectivity index is 1.51. The van der Waals surface area contributed by atoms with Crippen LogP contribution in [-0.4, -0.2) is 67.5 Å². The first-order valence-corrected chi connectivity index (χ1v) is 12.0. The number of fused-ring (bicyclic) bond motifs is 2. The Kier molecular flexibility index (Phi) is 6.50. The minimum absolute atomic E-state index is 0.0795.